The molecule has 4 aromatic heterocycles. The third-order valence-electron chi connectivity index (χ3n) is 4.59. The minimum atomic E-state index is -0.290. The number of nitrogens with one attached hydrogen (secondary N) is 2. The summed E-state index contributed by atoms with van der Waals surface area (Å²) in [5.74, 6) is 1.19. The average molecular weight is 424 g/mol. The van der Waals surface area contributed by atoms with Crippen molar-refractivity contribution in [2.45, 2.75) is 33.6 Å². The van der Waals surface area contributed by atoms with Crippen LogP contribution in [-0.4, -0.2) is 30.8 Å². The van der Waals surface area contributed by atoms with Crippen LogP contribution in [0.25, 0.3) is 16.5 Å². The number of carbonyl (C=O) groups is 1. The van der Waals surface area contributed by atoms with Crippen LogP contribution in [0.5, 0.6) is 0 Å². The van der Waals surface area contributed by atoms with Crippen LogP contribution < -0.4 is 10.9 Å². The molecular weight excluding hydrogens is 404 g/mol. The summed E-state index contributed by atoms with van der Waals surface area (Å²) in [5.41, 5.74) is 2.66. The van der Waals surface area contributed by atoms with Crippen LogP contribution in [0.15, 0.2) is 39.0 Å². The first-order valence-electron chi connectivity index (χ1n) is 9.34. The number of anilines is 1. The molecule has 4 aromatic rings. The molecule has 0 aliphatic heterocycles. The number of carbonyl (C=O) groups excluding carboxylic acids is 1. The number of aromatic nitrogens is 5. The first kappa shape index (κ1) is 19.8. The molecule has 9 nitrogen and oxygen atoms in total. The predicted octanol–water partition coefficient (Wildman–Crippen LogP) is 3.17. The second-order valence-corrected chi connectivity index (χ2v) is 7.81. The molecule has 2 N–H and O–H groups in total. The number of aryl methyl sites for hydroxylation is 3. The fourth-order valence-corrected chi connectivity index (χ4v) is 3.82. The Hall–Kier alpha value is -3.53. The summed E-state index contributed by atoms with van der Waals surface area (Å²) < 4.78 is 6.59. The summed E-state index contributed by atoms with van der Waals surface area (Å²) in [6.07, 6.45) is 0.763. The molecule has 10 heteroatoms. The summed E-state index contributed by atoms with van der Waals surface area (Å²) in [6, 6.07) is 7.03. The van der Waals surface area contributed by atoms with Gasteiger partial charge in [-0.25, -0.2) is 4.98 Å². The van der Waals surface area contributed by atoms with E-state index in [1.165, 1.54) is 22.1 Å². The van der Waals surface area contributed by atoms with Gasteiger partial charge in [0.1, 0.15) is 17.3 Å². The molecule has 0 spiro atoms. The Morgan fingerprint density at radius 2 is 2.13 bits per heavy atom. The molecular formula is C20H20N6O3S. The molecule has 4 heterocycles. The van der Waals surface area contributed by atoms with Crippen LogP contribution in [0.1, 0.15) is 29.1 Å². The summed E-state index contributed by atoms with van der Waals surface area (Å²) in [5, 5.41) is 13.3. The molecule has 154 valence electrons. The van der Waals surface area contributed by atoms with E-state index in [2.05, 4.69) is 25.5 Å². The Morgan fingerprint density at radius 3 is 2.80 bits per heavy atom. The van der Waals surface area contributed by atoms with Gasteiger partial charge < -0.3 is 9.84 Å². The molecule has 0 aliphatic carbocycles. The van der Waals surface area contributed by atoms with Gasteiger partial charge in [0.2, 0.25) is 11.9 Å². The Bertz CT molecular complexity index is 1230. The van der Waals surface area contributed by atoms with Crippen molar-refractivity contribution in [3.05, 3.63) is 62.7 Å². The summed E-state index contributed by atoms with van der Waals surface area (Å²) in [6.45, 7) is 5.41. The highest BCUT2D eigenvalue weighted by atomic mass is 32.1. The highest BCUT2D eigenvalue weighted by Crippen LogP contribution is 2.27. The lowest BCUT2D eigenvalue weighted by Crippen LogP contribution is -2.19. The van der Waals surface area contributed by atoms with E-state index in [1.807, 2.05) is 31.4 Å². The number of aromatic amines is 1. The highest BCUT2D eigenvalue weighted by molar-refractivity contribution is 7.13. The zero-order valence-corrected chi connectivity index (χ0v) is 17.5. The first-order valence-corrected chi connectivity index (χ1v) is 10.2. The van der Waals surface area contributed by atoms with Crippen LogP contribution >= 0.6 is 11.3 Å². The van der Waals surface area contributed by atoms with Crippen LogP contribution in [0.3, 0.4) is 0 Å². The molecule has 0 saturated carbocycles. The van der Waals surface area contributed by atoms with Crippen molar-refractivity contribution in [2.24, 2.45) is 0 Å². The van der Waals surface area contributed by atoms with Gasteiger partial charge in [0, 0.05) is 29.8 Å². The maximum atomic E-state index is 12.7. The Morgan fingerprint density at radius 1 is 1.30 bits per heavy atom. The van der Waals surface area contributed by atoms with E-state index in [-0.39, 0.29) is 23.8 Å². The largest absolute Gasteiger partial charge is 0.361 e. The normalized spacial score (nSPS) is 11.0. The van der Waals surface area contributed by atoms with Crippen LogP contribution in [-0.2, 0) is 11.2 Å². The van der Waals surface area contributed by atoms with E-state index < -0.39 is 0 Å². The fourth-order valence-electron chi connectivity index (χ4n) is 3.14. The molecule has 0 unspecified atom stereocenters. The van der Waals surface area contributed by atoms with Gasteiger partial charge in [-0.05, 0) is 38.6 Å². The molecule has 0 saturated heterocycles. The summed E-state index contributed by atoms with van der Waals surface area (Å²) in [4.78, 5) is 32.5. The van der Waals surface area contributed by atoms with E-state index in [4.69, 9.17) is 4.52 Å². The van der Waals surface area contributed by atoms with E-state index in [0.29, 0.717) is 29.4 Å². The van der Waals surface area contributed by atoms with Crippen molar-refractivity contribution < 1.29 is 9.32 Å². The SMILES string of the molecule is Cc1cc(=O)[nH]c(-n2nc(-c3cccs3)cc2NC(=O)CCc2c(C)noc2C)n1. The minimum absolute atomic E-state index is 0.191. The predicted molar refractivity (Wildman–Crippen MR) is 113 cm³/mol. The third-order valence-corrected chi connectivity index (χ3v) is 5.48. The monoisotopic (exact) mass is 424 g/mol. The molecule has 0 fully saturated rings. The van der Waals surface area contributed by atoms with Gasteiger partial charge in [-0.15, -0.1) is 11.3 Å². The molecule has 4 rings (SSSR count). The molecule has 0 atom stereocenters. The van der Waals surface area contributed by atoms with E-state index in [9.17, 15) is 9.59 Å². The Kier molecular flexibility index (Phi) is 5.32. The standard InChI is InChI=1S/C20H20N6O3S/c1-11-9-19(28)23-20(21-11)26-17(10-15(24-26)16-5-4-8-30-16)22-18(27)7-6-14-12(2)25-29-13(14)3/h4-5,8-10H,6-7H2,1-3H3,(H,22,27)(H,21,23,28). The fraction of sp³-hybridized carbons (Fsp3) is 0.250. The lowest BCUT2D eigenvalue weighted by atomic mass is 10.1. The number of thiophene rings is 1. The maximum Gasteiger partial charge on any atom is 0.252 e. The molecule has 0 radical (unpaired) electrons. The number of amides is 1. The van der Waals surface area contributed by atoms with Crippen molar-refractivity contribution in [3.63, 3.8) is 0 Å². The van der Waals surface area contributed by atoms with Gasteiger partial charge >= 0.3 is 0 Å². The quantitative estimate of drug-likeness (QED) is 0.491. The van der Waals surface area contributed by atoms with Crippen molar-refractivity contribution >= 4 is 23.1 Å². The second kappa shape index (κ2) is 8.07. The minimum Gasteiger partial charge on any atom is -0.361 e. The highest BCUT2D eigenvalue weighted by Gasteiger charge is 2.17. The zero-order chi connectivity index (χ0) is 21.3. The van der Waals surface area contributed by atoms with Gasteiger partial charge in [-0.1, -0.05) is 11.2 Å². The maximum absolute atomic E-state index is 12.7. The van der Waals surface area contributed by atoms with Crippen LogP contribution in [0.2, 0.25) is 0 Å². The van der Waals surface area contributed by atoms with E-state index in [0.717, 1.165) is 16.1 Å². The lowest BCUT2D eigenvalue weighted by Gasteiger charge is -2.08. The number of H-pyrrole nitrogens is 1. The van der Waals surface area contributed by atoms with E-state index >= 15 is 0 Å². The van der Waals surface area contributed by atoms with Gasteiger partial charge in [0.05, 0.1) is 10.6 Å². The molecule has 0 aromatic carbocycles. The van der Waals surface area contributed by atoms with Gasteiger partial charge in [0.15, 0.2) is 0 Å². The first-order chi connectivity index (χ1) is 14.4. The van der Waals surface area contributed by atoms with Crippen molar-refractivity contribution in [2.75, 3.05) is 5.32 Å². The Labute approximate surface area is 175 Å². The Balaban J connectivity index is 1.62. The third kappa shape index (κ3) is 4.08. The van der Waals surface area contributed by atoms with Crippen molar-refractivity contribution in [1.29, 1.82) is 0 Å². The van der Waals surface area contributed by atoms with Crippen molar-refractivity contribution in [1.82, 2.24) is 24.9 Å². The number of nitrogens with zero attached hydrogens (tertiary/aromatic N) is 4. The average Bonchev–Trinajstić information content (AvgIpc) is 3.41. The van der Waals surface area contributed by atoms with Crippen molar-refractivity contribution in [3.8, 4) is 16.5 Å². The summed E-state index contributed by atoms with van der Waals surface area (Å²) in [7, 11) is 0. The van der Waals surface area contributed by atoms with Crippen LogP contribution in [0.4, 0.5) is 5.82 Å². The smallest absolute Gasteiger partial charge is 0.252 e. The number of hydrogen-bond donors (Lipinski definition) is 2. The van der Waals surface area contributed by atoms with Crippen LogP contribution in [0, 0.1) is 20.8 Å². The number of hydrogen-bond acceptors (Lipinski definition) is 7. The van der Waals surface area contributed by atoms with Gasteiger partial charge in [-0.2, -0.15) is 9.78 Å². The van der Waals surface area contributed by atoms with E-state index in [1.54, 1.807) is 13.0 Å². The molecule has 30 heavy (non-hydrogen) atoms. The molecule has 0 aliphatic rings. The van der Waals surface area contributed by atoms with Gasteiger partial charge in [-0.3, -0.25) is 14.6 Å². The molecule has 1 amide bonds. The molecule has 0 bridgehead atoms. The lowest BCUT2D eigenvalue weighted by molar-refractivity contribution is -0.116. The summed E-state index contributed by atoms with van der Waals surface area (Å²) >= 11 is 1.53. The zero-order valence-electron chi connectivity index (χ0n) is 16.7. The second-order valence-electron chi connectivity index (χ2n) is 6.87. The number of rotatable bonds is 6. The topological polar surface area (TPSA) is 119 Å². The van der Waals surface area contributed by atoms with Gasteiger partial charge in [0.25, 0.3) is 5.56 Å².